The number of para-hydroxylation sites is 1. The molecule has 0 radical (unpaired) electrons. The lowest BCUT2D eigenvalue weighted by molar-refractivity contribution is 0.0733. The zero-order valence-corrected chi connectivity index (χ0v) is 15.1. The third-order valence-electron chi connectivity index (χ3n) is 3.98. The molecular formula is C22H18N2O4. The van der Waals surface area contributed by atoms with Crippen molar-refractivity contribution in [1.82, 2.24) is 5.43 Å². The highest BCUT2D eigenvalue weighted by Gasteiger charge is 2.11. The molecule has 0 spiro atoms. The molecule has 0 bridgehead atoms. The number of hydrogen-bond donors (Lipinski definition) is 2. The summed E-state index contributed by atoms with van der Waals surface area (Å²) in [7, 11) is 0. The normalized spacial score (nSPS) is 10.6. The molecule has 0 heterocycles. The number of phenols is 1. The van der Waals surface area contributed by atoms with E-state index < -0.39 is 11.9 Å². The van der Waals surface area contributed by atoms with Crippen LogP contribution in [0.25, 0.3) is 0 Å². The van der Waals surface area contributed by atoms with Crippen LogP contribution >= 0.6 is 0 Å². The Hall–Kier alpha value is -3.93. The predicted octanol–water partition coefficient (Wildman–Crippen LogP) is 3.68. The summed E-state index contributed by atoms with van der Waals surface area (Å²) in [6, 6.07) is 20.1. The van der Waals surface area contributed by atoms with E-state index in [1.54, 1.807) is 48.5 Å². The molecule has 140 valence electrons. The number of amides is 1. The number of phenolic OH excluding ortho intramolecular Hbond substituents is 1. The maximum Gasteiger partial charge on any atom is 0.343 e. The van der Waals surface area contributed by atoms with Crippen LogP contribution in [-0.4, -0.2) is 23.2 Å². The summed E-state index contributed by atoms with van der Waals surface area (Å²) in [4.78, 5) is 24.2. The second-order valence-electron chi connectivity index (χ2n) is 5.99. The number of carbonyl (C=O) groups is 2. The molecule has 3 aromatic carbocycles. The minimum atomic E-state index is -0.516. The second-order valence-corrected chi connectivity index (χ2v) is 5.99. The van der Waals surface area contributed by atoms with E-state index in [1.165, 1.54) is 18.3 Å². The highest BCUT2D eigenvalue weighted by molar-refractivity contribution is 5.97. The Morgan fingerprint density at radius 2 is 1.57 bits per heavy atom. The number of nitrogens with one attached hydrogen (secondary N) is 1. The summed E-state index contributed by atoms with van der Waals surface area (Å²) in [5, 5.41) is 13.5. The van der Waals surface area contributed by atoms with Gasteiger partial charge < -0.3 is 9.84 Å². The fourth-order valence-corrected chi connectivity index (χ4v) is 2.48. The number of carbonyl (C=O) groups excluding carboxylic acids is 2. The van der Waals surface area contributed by atoms with Gasteiger partial charge in [0.1, 0.15) is 11.5 Å². The smallest absolute Gasteiger partial charge is 0.343 e. The Bertz CT molecular complexity index is 1030. The van der Waals surface area contributed by atoms with Crippen LogP contribution in [0.5, 0.6) is 11.5 Å². The number of esters is 1. The number of aryl methyl sites for hydroxylation is 1. The van der Waals surface area contributed by atoms with Gasteiger partial charge in [0.15, 0.2) is 0 Å². The van der Waals surface area contributed by atoms with Crippen LogP contribution in [0.3, 0.4) is 0 Å². The van der Waals surface area contributed by atoms with Gasteiger partial charge in [0, 0.05) is 0 Å². The molecule has 0 saturated carbocycles. The summed E-state index contributed by atoms with van der Waals surface area (Å²) in [5.74, 6) is -0.647. The van der Waals surface area contributed by atoms with Gasteiger partial charge in [-0.15, -0.1) is 0 Å². The Morgan fingerprint density at radius 3 is 2.25 bits per heavy atom. The van der Waals surface area contributed by atoms with Gasteiger partial charge in [0.2, 0.25) is 0 Å². The van der Waals surface area contributed by atoms with Crippen LogP contribution in [0, 0.1) is 6.92 Å². The Morgan fingerprint density at radius 1 is 0.929 bits per heavy atom. The molecule has 6 heteroatoms. The second kappa shape index (κ2) is 8.64. The molecule has 6 nitrogen and oxygen atoms in total. The van der Waals surface area contributed by atoms with Crippen LogP contribution in [0.15, 0.2) is 77.9 Å². The quantitative estimate of drug-likeness (QED) is 0.309. The number of hydrogen-bond acceptors (Lipinski definition) is 5. The number of nitrogens with zero attached hydrogens (tertiary/aromatic N) is 1. The standard InChI is InChI=1S/C22H18N2O4/c1-15-6-2-3-7-18(15)22(27)28-17-12-10-16(11-13-17)14-23-24-21(26)19-8-4-5-9-20(19)25/h2-14,25H,1H3,(H,24,26). The van der Waals surface area contributed by atoms with E-state index in [-0.39, 0.29) is 11.3 Å². The zero-order valence-electron chi connectivity index (χ0n) is 15.1. The van der Waals surface area contributed by atoms with Gasteiger partial charge in [-0.1, -0.05) is 30.3 Å². The van der Waals surface area contributed by atoms with Crippen LogP contribution in [0.2, 0.25) is 0 Å². The largest absolute Gasteiger partial charge is 0.507 e. The maximum absolute atomic E-state index is 12.2. The van der Waals surface area contributed by atoms with Crippen molar-refractivity contribution in [2.24, 2.45) is 5.10 Å². The van der Waals surface area contributed by atoms with Crippen molar-refractivity contribution in [3.63, 3.8) is 0 Å². The third-order valence-corrected chi connectivity index (χ3v) is 3.98. The van der Waals surface area contributed by atoms with Gasteiger partial charge in [0.05, 0.1) is 17.3 Å². The molecule has 1 amide bonds. The van der Waals surface area contributed by atoms with Crippen molar-refractivity contribution >= 4 is 18.1 Å². The van der Waals surface area contributed by atoms with E-state index in [9.17, 15) is 14.7 Å². The van der Waals surface area contributed by atoms with Gasteiger partial charge in [-0.3, -0.25) is 4.79 Å². The first-order valence-electron chi connectivity index (χ1n) is 8.54. The number of hydrazone groups is 1. The van der Waals surface area contributed by atoms with Crippen LogP contribution < -0.4 is 10.2 Å². The highest BCUT2D eigenvalue weighted by Crippen LogP contribution is 2.16. The summed E-state index contributed by atoms with van der Waals surface area (Å²) >= 11 is 0. The molecular weight excluding hydrogens is 356 g/mol. The molecule has 2 N–H and O–H groups in total. The molecule has 28 heavy (non-hydrogen) atoms. The average Bonchev–Trinajstić information content (AvgIpc) is 2.70. The van der Waals surface area contributed by atoms with Crippen molar-refractivity contribution in [3.8, 4) is 11.5 Å². The van der Waals surface area contributed by atoms with Gasteiger partial charge in [-0.25, -0.2) is 10.2 Å². The van der Waals surface area contributed by atoms with Crippen LogP contribution in [0.1, 0.15) is 31.8 Å². The summed E-state index contributed by atoms with van der Waals surface area (Å²) < 4.78 is 5.37. The fourth-order valence-electron chi connectivity index (χ4n) is 2.48. The van der Waals surface area contributed by atoms with Gasteiger partial charge in [0.25, 0.3) is 5.91 Å². The lowest BCUT2D eigenvalue weighted by Crippen LogP contribution is -2.17. The molecule has 0 aliphatic rings. The monoisotopic (exact) mass is 374 g/mol. The average molecular weight is 374 g/mol. The first-order valence-corrected chi connectivity index (χ1v) is 8.54. The number of ether oxygens (including phenoxy) is 1. The van der Waals surface area contributed by atoms with E-state index in [1.807, 2.05) is 19.1 Å². The molecule has 0 aliphatic carbocycles. The minimum absolute atomic E-state index is 0.116. The van der Waals surface area contributed by atoms with Gasteiger partial charge in [-0.2, -0.15) is 5.10 Å². The molecule has 0 saturated heterocycles. The van der Waals surface area contributed by atoms with Crippen LogP contribution in [0.4, 0.5) is 0 Å². The lowest BCUT2D eigenvalue weighted by atomic mass is 10.1. The SMILES string of the molecule is Cc1ccccc1C(=O)Oc1ccc(C=NNC(=O)c2ccccc2O)cc1. The fraction of sp³-hybridized carbons (Fsp3) is 0.0455. The summed E-state index contributed by atoms with van der Waals surface area (Å²) in [6.07, 6.45) is 1.45. The van der Waals surface area contributed by atoms with E-state index in [0.29, 0.717) is 16.9 Å². The zero-order chi connectivity index (χ0) is 19.9. The minimum Gasteiger partial charge on any atom is -0.507 e. The van der Waals surface area contributed by atoms with Crippen molar-refractivity contribution in [3.05, 3.63) is 95.1 Å². The number of aromatic hydroxyl groups is 1. The van der Waals surface area contributed by atoms with Crippen molar-refractivity contribution in [2.45, 2.75) is 6.92 Å². The number of benzene rings is 3. The van der Waals surface area contributed by atoms with E-state index >= 15 is 0 Å². The first-order chi connectivity index (χ1) is 13.5. The molecule has 3 rings (SSSR count). The lowest BCUT2D eigenvalue weighted by Gasteiger charge is -2.06. The molecule has 3 aromatic rings. The van der Waals surface area contributed by atoms with E-state index in [0.717, 1.165) is 5.56 Å². The van der Waals surface area contributed by atoms with Crippen molar-refractivity contribution < 1.29 is 19.4 Å². The molecule has 0 unspecified atom stereocenters. The first kappa shape index (κ1) is 18.8. The Labute approximate surface area is 162 Å². The van der Waals surface area contributed by atoms with Crippen LogP contribution in [-0.2, 0) is 0 Å². The van der Waals surface area contributed by atoms with Gasteiger partial charge >= 0.3 is 5.97 Å². The highest BCUT2D eigenvalue weighted by atomic mass is 16.5. The molecule has 0 aromatic heterocycles. The topological polar surface area (TPSA) is 88.0 Å². The number of rotatable bonds is 5. The molecule has 0 atom stereocenters. The van der Waals surface area contributed by atoms with Gasteiger partial charge in [-0.05, 0) is 60.5 Å². The van der Waals surface area contributed by atoms with Crippen molar-refractivity contribution in [2.75, 3.05) is 0 Å². The van der Waals surface area contributed by atoms with E-state index in [2.05, 4.69) is 10.5 Å². The van der Waals surface area contributed by atoms with E-state index in [4.69, 9.17) is 4.74 Å². The summed E-state index contributed by atoms with van der Waals surface area (Å²) in [5.41, 5.74) is 4.55. The van der Waals surface area contributed by atoms with Crippen molar-refractivity contribution in [1.29, 1.82) is 0 Å². The molecule has 0 fully saturated rings. The molecule has 0 aliphatic heterocycles. The Kier molecular flexibility index (Phi) is 5.81. The Balaban J connectivity index is 1.59. The summed E-state index contributed by atoms with van der Waals surface area (Å²) in [6.45, 7) is 1.85. The maximum atomic E-state index is 12.2. The predicted molar refractivity (Wildman–Crippen MR) is 106 cm³/mol. The third kappa shape index (κ3) is 4.62.